The van der Waals surface area contributed by atoms with E-state index in [9.17, 15) is 18.0 Å². The average Bonchev–Trinajstić information content (AvgIpc) is 2.90. The molecule has 24 heavy (non-hydrogen) atoms. The van der Waals surface area contributed by atoms with Gasteiger partial charge < -0.3 is 10.1 Å². The second-order valence-corrected chi connectivity index (χ2v) is 5.72. The van der Waals surface area contributed by atoms with E-state index in [1.54, 1.807) is 10.9 Å². The van der Waals surface area contributed by atoms with Crippen LogP contribution in [-0.2, 0) is 13.1 Å². The Morgan fingerprint density at radius 2 is 2.17 bits per heavy atom. The molecule has 0 aliphatic rings. The maximum Gasteiger partial charge on any atom is 0.422 e. The van der Waals surface area contributed by atoms with Crippen LogP contribution in [0.25, 0.3) is 0 Å². The molecular formula is C15H15BrF3N3O2. The van der Waals surface area contributed by atoms with E-state index in [2.05, 4.69) is 31.1 Å². The van der Waals surface area contributed by atoms with Gasteiger partial charge in [0.15, 0.2) is 6.61 Å². The maximum absolute atomic E-state index is 12.2. The summed E-state index contributed by atoms with van der Waals surface area (Å²) in [5.41, 5.74) is 1.02. The first-order valence-corrected chi connectivity index (χ1v) is 7.87. The molecule has 1 aromatic carbocycles. The molecule has 2 aromatic rings. The van der Waals surface area contributed by atoms with Crippen LogP contribution in [0.1, 0.15) is 23.0 Å². The zero-order valence-corrected chi connectivity index (χ0v) is 14.3. The van der Waals surface area contributed by atoms with E-state index in [4.69, 9.17) is 0 Å². The molecule has 9 heteroatoms. The highest BCUT2D eigenvalue weighted by Crippen LogP contribution is 2.20. The van der Waals surface area contributed by atoms with Crippen LogP contribution in [0.5, 0.6) is 5.75 Å². The van der Waals surface area contributed by atoms with Crippen LogP contribution >= 0.6 is 15.9 Å². The molecule has 0 spiro atoms. The first-order valence-electron chi connectivity index (χ1n) is 7.08. The first-order chi connectivity index (χ1) is 11.3. The summed E-state index contributed by atoms with van der Waals surface area (Å²) in [6.45, 7) is 1.41. The molecule has 0 bridgehead atoms. The minimum atomic E-state index is -4.43. The van der Waals surface area contributed by atoms with Crippen molar-refractivity contribution in [3.05, 3.63) is 46.2 Å². The normalized spacial score (nSPS) is 11.4. The summed E-state index contributed by atoms with van der Waals surface area (Å²) < 4.78 is 43.7. The van der Waals surface area contributed by atoms with Crippen LogP contribution < -0.4 is 10.1 Å². The van der Waals surface area contributed by atoms with Gasteiger partial charge >= 0.3 is 6.18 Å². The number of halogens is 4. The molecule has 0 fully saturated rings. The quantitative estimate of drug-likeness (QED) is 0.799. The second-order valence-electron chi connectivity index (χ2n) is 4.87. The average molecular weight is 406 g/mol. The fraction of sp³-hybridized carbons (Fsp3) is 0.333. The summed E-state index contributed by atoms with van der Waals surface area (Å²) in [6, 6.07) is 5.60. The van der Waals surface area contributed by atoms with Crippen LogP contribution in [-0.4, -0.2) is 28.5 Å². The Labute approximate surface area is 144 Å². The number of aromatic nitrogens is 2. The molecular weight excluding hydrogens is 391 g/mol. The topological polar surface area (TPSA) is 56.2 Å². The van der Waals surface area contributed by atoms with Crippen LogP contribution in [0.2, 0.25) is 0 Å². The molecule has 0 saturated carbocycles. The van der Waals surface area contributed by atoms with Gasteiger partial charge in [-0.15, -0.1) is 0 Å². The Balaban J connectivity index is 2.01. The van der Waals surface area contributed by atoms with Gasteiger partial charge in [-0.3, -0.25) is 9.48 Å². The first kappa shape index (κ1) is 18.3. The van der Waals surface area contributed by atoms with Gasteiger partial charge in [-0.25, -0.2) is 0 Å². The highest BCUT2D eigenvalue weighted by Gasteiger charge is 2.28. The molecule has 0 aliphatic heterocycles. The SMILES string of the molecule is CCn1ncc(Br)c1CNC(=O)c1cccc(OCC(F)(F)F)c1. The molecule has 0 unspecified atom stereocenters. The summed E-state index contributed by atoms with van der Waals surface area (Å²) in [5, 5.41) is 6.85. The van der Waals surface area contributed by atoms with Crippen molar-refractivity contribution in [3.8, 4) is 5.75 Å². The summed E-state index contributed by atoms with van der Waals surface area (Å²) in [6.07, 6.45) is -2.79. The van der Waals surface area contributed by atoms with Gasteiger partial charge in [-0.05, 0) is 41.1 Å². The highest BCUT2D eigenvalue weighted by molar-refractivity contribution is 9.10. The molecule has 1 N–H and O–H groups in total. The number of alkyl halides is 3. The van der Waals surface area contributed by atoms with Crippen LogP contribution in [0.4, 0.5) is 13.2 Å². The number of nitrogens with zero attached hydrogens (tertiary/aromatic N) is 2. The van der Waals surface area contributed by atoms with Crippen molar-refractivity contribution in [2.24, 2.45) is 0 Å². The van der Waals surface area contributed by atoms with Gasteiger partial charge in [0.2, 0.25) is 0 Å². The van der Waals surface area contributed by atoms with Crippen molar-refractivity contribution in [1.82, 2.24) is 15.1 Å². The lowest BCUT2D eigenvalue weighted by atomic mass is 10.2. The number of hydrogen-bond acceptors (Lipinski definition) is 3. The summed E-state index contributed by atoms with van der Waals surface area (Å²) in [4.78, 5) is 12.2. The van der Waals surface area contributed by atoms with Crippen LogP contribution in [0.3, 0.4) is 0 Å². The lowest BCUT2D eigenvalue weighted by Gasteiger charge is -2.11. The molecule has 130 valence electrons. The third-order valence-corrected chi connectivity index (χ3v) is 3.77. The molecule has 0 saturated heterocycles. The predicted molar refractivity (Wildman–Crippen MR) is 84.8 cm³/mol. The molecule has 1 aromatic heterocycles. The number of carbonyl (C=O) groups is 1. The summed E-state index contributed by atoms with van der Waals surface area (Å²) >= 11 is 3.35. The number of ether oxygens (including phenoxy) is 1. The molecule has 1 amide bonds. The minimum absolute atomic E-state index is 0.0141. The predicted octanol–water partition coefficient (Wildman–Crippen LogP) is 3.54. The van der Waals surface area contributed by atoms with Crippen LogP contribution in [0, 0.1) is 0 Å². The van der Waals surface area contributed by atoms with Crippen molar-refractivity contribution in [3.63, 3.8) is 0 Å². The fourth-order valence-corrected chi connectivity index (χ4v) is 2.43. The largest absolute Gasteiger partial charge is 0.484 e. The van der Waals surface area contributed by atoms with E-state index in [-0.39, 0.29) is 17.9 Å². The van der Waals surface area contributed by atoms with Gasteiger partial charge in [0.05, 0.1) is 22.9 Å². The van der Waals surface area contributed by atoms with Gasteiger partial charge in [0.25, 0.3) is 5.91 Å². The Morgan fingerprint density at radius 1 is 1.42 bits per heavy atom. The minimum Gasteiger partial charge on any atom is -0.484 e. The number of aryl methyl sites for hydroxylation is 1. The van der Waals surface area contributed by atoms with E-state index in [1.807, 2.05) is 6.92 Å². The Bertz CT molecular complexity index is 716. The summed E-state index contributed by atoms with van der Waals surface area (Å²) in [7, 11) is 0. The van der Waals surface area contributed by atoms with Crippen molar-refractivity contribution in [2.45, 2.75) is 26.2 Å². The molecule has 1 heterocycles. The maximum atomic E-state index is 12.2. The van der Waals surface area contributed by atoms with Crippen molar-refractivity contribution < 1.29 is 22.7 Å². The Kier molecular flexibility index (Phi) is 5.87. The molecule has 0 atom stereocenters. The Hall–Kier alpha value is -2.03. The molecule has 5 nitrogen and oxygen atoms in total. The fourth-order valence-electron chi connectivity index (χ4n) is 1.99. The number of carbonyl (C=O) groups excluding carboxylic acids is 1. The van der Waals surface area contributed by atoms with E-state index in [1.165, 1.54) is 24.3 Å². The van der Waals surface area contributed by atoms with E-state index < -0.39 is 18.7 Å². The lowest BCUT2D eigenvalue weighted by Crippen LogP contribution is -2.25. The van der Waals surface area contributed by atoms with E-state index in [0.29, 0.717) is 6.54 Å². The zero-order valence-electron chi connectivity index (χ0n) is 12.7. The lowest BCUT2D eigenvalue weighted by molar-refractivity contribution is -0.153. The number of benzene rings is 1. The second kappa shape index (κ2) is 7.69. The van der Waals surface area contributed by atoms with Gasteiger partial charge in [-0.1, -0.05) is 6.07 Å². The number of nitrogens with one attached hydrogen (secondary N) is 1. The number of amides is 1. The number of hydrogen-bond donors (Lipinski definition) is 1. The van der Waals surface area contributed by atoms with Crippen molar-refractivity contribution in [1.29, 1.82) is 0 Å². The third kappa shape index (κ3) is 4.98. The van der Waals surface area contributed by atoms with E-state index in [0.717, 1.165) is 10.2 Å². The highest BCUT2D eigenvalue weighted by atomic mass is 79.9. The smallest absolute Gasteiger partial charge is 0.422 e. The van der Waals surface area contributed by atoms with Crippen molar-refractivity contribution in [2.75, 3.05) is 6.61 Å². The monoisotopic (exact) mass is 405 g/mol. The third-order valence-electron chi connectivity index (χ3n) is 3.11. The van der Waals surface area contributed by atoms with Crippen molar-refractivity contribution >= 4 is 21.8 Å². The number of rotatable bonds is 6. The standard InChI is InChI=1S/C15H15BrF3N3O2/c1-2-22-13(12(16)7-21-22)8-20-14(23)10-4-3-5-11(6-10)24-9-15(17,18)19/h3-7H,2,8-9H2,1H3,(H,20,23). The van der Waals surface area contributed by atoms with Gasteiger partial charge in [0.1, 0.15) is 5.75 Å². The molecule has 0 aliphatic carbocycles. The van der Waals surface area contributed by atoms with E-state index >= 15 is 0 Å². The molecule has 0 radical (unpaired) electrons. The summed E-state index contributed by atoms with van der Waals surface area (Å²) in [5.74, 6) is -0.428. The van der Waals surface area contributed by atoms with Gasteiger partial charge in [-0.2, -0.15) is 18.3 Å². The zero-order chi connectivity index (χ0) is 17.7. The van der Waals surface area contributed by atoms with Gasteiger partial charge in [0, 0.05) is 12.1 Å². The van der Waals surface area contributed by atoms with Crippen LogP contribution in [0.15, 0.2) is 34.9 Å². The Morgan fingerprint density at radius 3 is 2.83 bits per heavy atom. The molecule has 2 rings (SSSR count).